The number of hydrogen-bond acceptors (Lipinski definition) is 7. The van der Waals surface area contributed by atoms with Gasteiger partial charge in [-0.1, -0.05) is 17.3 Å². The van der Waals surface area contributed by atoms with E-state index in [2.05, 4.69) is 15.5 Å². The van der Waals surface area contributed by atoms with Gasteiger partial charge in [-0.25, -0.2) is 4.98 Å². The van der Waals surface area contributed by atoms with Crippen molar-refractivity contribution in [2.45, 2.75) is 20.4 Å². The van der Waals surface area contributed by atoms with E-state index >= 15 is 0 Å². The molecule has 0 saturated carbocycles. The van der Waals surface area contributed by atoms with Crippen molar-refractivity contribution in [3.8, 4) is 22.1 Å². The van der Waals surface area contributed by atoms with E-state index < -0.39 is 0 Å². The van der Waals surface area contributed by atoms with Gasteiger partial charge in [0.15, 0.2) is 11.5 Å². The highest BCUT2D eigenvalue weighted by Gasteiger charge is 2.20. The molecule has 0 spiro atoms. The largest absolute Gasteiger partial charge is 0.493 e. The second-order valence-electron chi connectivity index (χ2n) is 6.75. The summed E-state index contributed by atoms with van der Waals surface area (Å²) >= 11 is 1.61. The standard InChI is InChI=1S/C22H21N3O4S/c1-12-8-9-18(30-12)16-10-15(19-13(2)25-29-22(19)24-16)21(26)23-11-14-6-5-7-17(27-3)20(14)28-4/h5-10H,11H2,1-4H3,(H,23,26). The third kappa shape index (κ3) is 3.61. The molecule has 30 heavy (non-hydrogen) atoms. The zero-order chi connectivity index (χ0) is 21.3. The molecule has 0 unspecified atom stereocenters. The van der Waals surface area contributed by atoms with Crippen molar-refractivity contribution in [1.29, 1.82) is 0 Å². The van der Waals surface area contributed by atoms with Crippen LogP contribution >= 0.6 is 11.3 Å². The van der Waals surface area contributed by atoms with E-state index in [9.17, 15) is 4.79 Å². The molecule has 0 aliphatic rings. The van der Waals surface area contributed by atoms with E-state index in [-0.39, 0.29) is 12.5 Å². The van der Waals surface area contributed by atoms with E-state index in [1.807, 2.05) is 37.3 Å². The highest BCUT2D eigenvalue weighted by atomic mass is 32.1. The molecular weight excluding hydrogens is 402 g/mol. The molecule has 0 saturated heterocycles. The fourth-order valence-electron chi connectivity index (χ4n) is 3.34. The molecular formula is C22H21N3O4S. The van der Waals surface area contributed by atoms with Gasteiger partial charge in [0.2, 0.25) is 0 Å². The van der Waals surface area contributed by atoms with Crippen molar-refractivity contribution in [1.82, 2.24) is 15.5 Å². The maximum absolute atomic E-state index is 13.1. The zero-order valence-corrected chi connectivity index (χ0v) is 17.9. The molecule has 3 aromatic heterocycles. The van der Waals surface area contributed by atoms with E-state index in [0.717, 1.165) is 15.3 Å². The van der Waals surface area contributed by atoms with Crippen molar-refractivity contribution >= 4 is 28.3 Å². The molecule has 1 amide bonds. The molecule has 0 aliphatic heterocycles. The molecule has 1 N–H and O–H groups in total. The van der Waals surface area contributed by atoms with Gasteiger partial charge in [0.25, 0.3) is 11.6 Å². The Hall–Kier alpha value is -3.39. The number of aryl methyl sites for hydroxylation is 2. The van der Waals surface area contributed by atoms with Crippen LogP contribution in [-0.2, 0) is 6.54 Å². The number of carbonyl (C=O) groups excluding carboxylic acids is 1. The van der Waals surface area contributed by atoms with Crippen molar-refractivity contribution in [2.24, 2.45) is 0 Å². The number of thiophene rings is 1. The number of hydrogen-bond donors (Lipinski definition) is 1. The summed E-state index contributed by atoms with van der Waals surface area (Å²) in [6, 6.07) is 11.3. The van der Waals surface area contributed by atoms with Crippen molar-refractivity contribution in [3.63, 3.8) is 0 Å². The summed E-state index contributed by atoms with van der Waals surface area (Å²) < 4.78 is 16.1. The second kappa shape index (κ2) is 8.16. The number of nitrogens with zero attached hydrogens (tertiary/aromatic N) is 2. The summed E-state index contributed by atoms with van der Waals surface area (Å²) in [4.78, 5) is 19.8. The number of carbonyl (C=O) groups is 1. The first-order valence-corrected chi connectivity index (χ1v) is 10.2. The summed E-state index contributed by atoms with van der Waals surface area (Å²) in [5, 5.41) is 7.58. The second-order valence-corrected chi connectivity index (χ2v) is 8.04. The SMILES string of the molecule is COc1cccc(CNC(=O)c2cc(-c3ccc(C)s3)nc3onc(C)c23)c1OC. The summed E-state index contributed by atoms with van der Waals surface area (Å²) in [5.41, 5.74) is 2.94. The lowest BCUT2D eigenvalue weighted by molar-refractivity contribution is 0.0952. The van der Waals surface area contributed by atoms with Gasteiger partial charge in [0.05, 0.1) is 41.4 Å². The lowest BCUT2D eigenvalue weighted by atomic mass is 10.1. The quantitative estimate of drug-likeness (QED) is 0.491. The number of nitrogens with one attached hydrogen (secondary N) is 1. The molecule has 8 heteroatoms. The van der Waals surface area contributed by atoms with E-state index in [4.69, 9.17) is 14.0 Å². The van der Waals surface area contributed by atoms with Crippen LogP contribution in [0.1, 0.15) is 26.5 Å². The third-order valence-corrected chi connectivity index (χ3v) is 5.80. The fourth-order valence-corrected chi connectivity index (χ4v) is 4.16. The van der Waals surface area contributed by atoms with Crippen molar-refractivity contribution in [3.05, 3.63) is 58.1 Å². The Morgan fingerprint density at radius 1 is 1.17 bits per heavy atom. The van der Waals surface area contributed by atoms with E-state index in [1.54, 1.807) is 38.5 Å². The van der Waals surface area contributed by atoms with Gasteiger partial charge in [-0.15, -0.1) is 11.3 Å². The number of amides is 1. The van der Waals surface area contributed by atoms with Crippen LogP contribution < -0.4 is 14.8 Å². The van der Waals surface area contributed by atoms with Gasteiger partial charge < -0.3 is 19.3 Å². The van der Waals surface area contributed by atoms with Crippen LogP contribution in [0.5, 0.6) is 11.5 Å². The van der Waals surface area contributed by atoms with Crippen LogP contribution in [0.15, 0.2) is 40.9 Å². The Morgan fingerprint density at radius 3 is 2.70 bits per heavy atom. The summed E-state index contributed by atoms with van der Waals surface area (Å²) in [5.74, 6) is 0.963. The average molecular weight is 423 g/mol. The molecule has 154 valence electrons. The molecule has 0 atom stereocenters. The normalized spacial score (nSPS) is 10.9. The smallest absolute Gasteiger partial charge is 0.259 e. The minimum atomic E-state index is -0.242. The fraction of sp³-hybridized carbons (Fsp3) is 0.227. The maximum atomic E-state index is 13.1. The zero-order valence-electron chi connectivity index (χ0n) is 17.1. The highest BCUT2D eigenvalue weighted by molar-refractivity contribution is 7.15. The monoisotopic (exact) mass is 423 g/mol. The number of fused-ring (bicyclic) bond motifs is 1. The number of ether oxygens (including phenoxy) is 2. The molecule has 4 aromatic rings. The topological polar surface area (TPSA) is 86.5 Å². The minimum absolute atomic E-state index is 0.242. The lowest BCUT2D eigenvalue weighted by Gasteiger charge is -2.13. The number of para-hydroxylation sites is 1. The number of benzene rings is 1. The third-order valence-electron chi connectivity index (χ3n) is 4.78. The van der Waals surface area contributed by atoms with E-state index in [0.29, 0.717) is 39.6 Å². The predicted octanol–water partition coefficient (Wildman–Crippen LogP) is 4.52. The number of rotatable bonds is 6. The van der Waals surface area contributed by atoms with Crippen molar-refractivity contribution in [2.75, 3.05) is 14.2 Å². The Labute approximate surface area is 177 Å². The molecule has 0 bridgehead atoms. The van der Waals surface area contributed by atoms with Crippen LogP contribution in [0.25, 0.3) is 21.7 Å². The Balaban J connectivity index is 1.69. The lowest BCUT2D eigenvalue weighted by Crippen LogP contribution is -2.23. The summed E-state index contributed by atoms with van der Waals surface area (Å²) in [7, 11) is 3.15. The highest BCUT2D eigenvalue weighted by Crippen LogP contribution is 2.32. The molecule has 0 radical (unpaired) electrons. The molecule has 1 aromatic carbocycles. The van der Waals surface area contributed by atoms with Gasteiger partial charge in [-0.3, -0.25) is 4.79 Å². The molecule has 0 aliphatic carbocycles. The molecule has 7 nitrogen and oxygen atoms in total. The van der Waals surface area contributed by atoms with Crippen LogP contribution in [0.2, 0.25) is 0 Å². The maximum Gasteiger partial charge on any atom is 0.259 e. The van der Waals surface area contributed by atoms with Crippen LogP contribution in [0.4, 0.5) is 0 Å². The molecule has 4 rings (SSSR count). The average Bonchev–Trinajstić information content (AvgIpc) is 3.36. The summed E-state index contributed by atoms with van der Waals surface area (Å²) in [6.45, 7) is 4.10. The van der Waals surface area contributed by atoms with Crippen LogP contribution in [0, 0.1) is 13.8 Å². The minimum Gasteiger partial charge on any atom is -0.493 e. The van der Waals surface area contributed by atoms with Gasteiger partial charge >= 0.3 is 0 Å². The number of aromatic nitrogens is 2. The van der Waals surface area contributed by atoms with Crippen molar-refractivity contribution < 1.29 is 18.8 Å². The molecule has 0 fully saturated rings. The van der Waals surface area contributed by atoms with Crippen LogP contribution in [-0.4, -0.2) is 30.3 Å². The van der Waals surface area contributed by atoms with Gasteiger partial charge in [0.1, 0.15) is 0 Å². The van der Waals surface area contributed by atoms with E-state index in [1.165, 1.54) is 0 Å². The van der Waals surface area contributed by atoms with Gasteiger partial charge in [0, 0.05) is 17.0 Å². The number of methoxy groups -OCH3 is 2. The Bertz CT molecular complexity index is 1230. The molecule has 3 heterocycles. The number of pyridine rings is 1. The summed E-state index contributed by atoms with van der Waals surface area (Å²) in [6.07, 6.45) is 0. The first-order chi connectivity index (χ1) is 14.5. The predicted molar refractivity (Wildman–Crippen MR) is 115 cm³/mol. The van der Waals surface area contributed by atoms with Gasteiger partial charge in [-0.2, -0.15) is 0 Å². The Morgan fingerprint density at radius 2 is 2.00 bits per heavy atom. The van der Waals surface area contributed by atoms with Crippen LogP contribution in [0.3, 0.4) is 0 Å². The van der Waals surface area contributed by atoms with Gasteiger partial charge in [-0.05, 0) is 38.1 Å². The first kappa shape index (κ1) is 19.9. The first-order valence-electron chi connectivity index (χ1n) is 9.33. The Kier molecular flexibility index (Phi) is 5.41.